The first-order valence-electron chi connectivity index (χ1n) is 6.52. The molecule has 106 valence electrons. The lowest BCUT2D eigenvalue weighted by Gasteiger charge is -2.11. The van der Waals surface area contributed by atoms with Gasteiger partial charge in [0.25, 0.3) is 0 Å². The van der Waals surface area contributed by atoms with Crippen molar-refractivity contribution in [2.45, 2.75) is 26.7 Å². The molecule has 2 rings (SSSR count). The van der Waals surface area contributed by atoms with E-state index in [1.807, 2.05) is 13.0 Å². The topological polar surface area (TPSA) is 58.2 Å². The van der Waals surface area contributed by atoms with Gasteiger partial charge in [-0.2, -0.15) is 0 Å². The van der Waals surface area contributed by atoms with E-state index in [4.69, 9.17) is 0 Å². The summed E-state index contributed by atoms with van der Waals surface area (Å²) in [5.41, 5.74) is 2.28. The third-order valence-electron chi connectivity index (χ3n) is 3.13. The van der Waals surface area contributed by atoms with Gasteiger partial charge in [-0.25, -0.2) is 0 Å². The van der Waals surface area contributed by atoms with Crippen LogP contribution in [0.25, 0.3) is 0 Å². The minimum absolute atomic E-state index is 0.167. The maximum Gasteiger partial charge on any atom is 0.248 e. The number of nitrogens with one attached hydrogen (secondary N) is 2. The lowest BCUT2D eigenvalue weighted by molar-refractivity contribution is -0.114. The Morgan fingerprint density at radius 3 is 2.50 bits per heavy atom. The summed E-state index contributed by atoms with van der Waals surface area (Å²) in [6.45, 7) is 3.41. The van der Waals surface area contributed by atoms with Gasteiger partial charge in [0.2, 0.25) is 11.8 Å². The molecule has 1 aromatic rings. The highest BCUT2D eigenvalue weighted by atomic mass is 79.9. The van der Waals surface area contributed by atoms with Crippen LogP contribution in [0.4, 0.5) is 11.4 Å². The molecular formula is C15H17BrN2O2. The number of halogens is 1. The van der Waals surface area contributed by atoms with Crippen LogP contribution in [0.1, 0.15) is 26.7 Å². The van der Waals surface area contributed by atoms with Crippen LogP contribution in [0.2, 0.25) is 0 Å². The highest BCUT2D eigenvalue weighted by Gasteiger charge is 2.23. The molecule has 1 aliphatic rings. The largest absolute Gasteiger partial charge is 0.325 e. The number of allylic oxidation sites excluding steroid dienone is 1. The van der Waals surface area contributed by atoms with Crippen molar-refractivity contribution >= 4 is 39.1 Å². The Morgan fingerprint density at radius 1 is 1.20 bits per heavy atom. The Bertz CT molecular complexity index is 577. The van der Waals surface area contributed by atoms with Crippen LogP contribution in [-0.2, 0) is 9.59 Å². The smallest absolute Gasteiger partial charge is 0.248 e. The molecule has 1 fully saturated rings. The molecule has 0 aromatic heterocycles. The van der Waals surface area contributed by atoms with E-state index in [9.17, 15) is 9.59 Å². The van der Waals surface area contributed by atoms with Crippen molar-refractivity contribution in [3.8, 4) is 0 Å². The molecule has 2 N–H and O–H groups in total. The molecule has 5 heteroatoms. The van der Waals surface area contributed by atoms with Gasteiger partial charge < -0.3 is 10.6 Å². The first-order chi connectivity index (χ1) is 9.45. The lowest BCUT2D eigenvalue weighted by atomic mass is 10.2. The number of rotatable bonds is 4. The van der Waals surface area contributed by atoms with E-state index >= 15 is 0 Å². The fourth-order valence-corrected chi connectivity index (χ4v) is 2.31. The van der Waals surface area contributed by atoms with Gasteiger partial charge in [-0.05, 0) is 43.9 Å². The fraction of sp³-hybridized carbons (Fsp3) is 0.333. The molecule has 1 saturated carbocycles. The average Bonchev–Trinajstić information content (AvgIpc) is 3.16. The molecule has 20 heavy (non-hydrogen) atoms. The molecule has 0 bridgehead atoms. The number of amides is 2. The summed E-state index contributed by atoms with van der Waals surface area (Å²) >= 11 is 3.36. The van der Waals surface area contributed by atoms with Crippen LogP contribution in [0.15, 0.2) is 34.3 Å². The molecule has 0 spiro atoms. The van der Waals surface area contributed by atoms with E-state index in [0.29, 0.717) is 17.3 Å². The van der Waals surface area contributed by atoms with Gasteiger partial charge >= 0.3 is 0 Å². The zero-order valence-corrected chi connectivity index (χ0v) is 13.1. The molecule has 1 aliphatic carbocycles. The van der Waals surface area contributed by atoms with E-state index in [0.717, 1.165) is 10.0 Å². The SMILES string of the molecule is CC(=O)Nc1ccc(Br)cc1NC(=O)C=C(C)C1CC1. The number of hydrogen-bond donors (Lipinski definition) is 2. The van der Waals surface area contributed by atoms with E-state index in [1.54, 1.807) is 18.2 Å². The normalized spacial score (nSPS) is 14.8. The monoisotopic (exact) mass is 336 g/mol. The third-order valence-corrected chi connectivity index (χ3v) is 3.62. The van der Waals surface area contributed by atoms with Crippen molar-refractivity contribution in [1.82, 2.24) is 0 Å². The zero-order chi connectivity index (χ0) is 14.7. The average molecular weight is 337 g/mol. The van der Waals surface area contributed by atoms with Gasteiger partial charge in [-0.1, -0.05) is 21.5 Å². The molecule has 0 saturated heterocycles. The predicted molar refractivity (Wildman–Crippen MR) is 83.6 cm³/mol. The maximum atomic E-state index is 12.0. The molecule has 0 radical (unpaired) electrons. The molecule has 4 nitrogen and oxygen atoms in total. The Balaban J connectivity index is 2.14. The van der Waals surface area contributed by atoms with Crippen molar-refractivity contribution in [3.63, 3.8) is 0 Å². The standard InChI is InChI=1S/C15H17BrN2O2/c1-9(11-3-4-11)7-15(20)18-14-8-12(16)5-6-13(14)17-10(2)19/h5-8,11H,3-4H2,1-2H3,(H,17,19)(H,18,20). The fourth-order valence-electron chi connectivity index (χ4n) is 1.95. The van der Waals surface area contributed by atoms with Gasteiger partial charge in [0.05, 0.1) is 11.4 Å². The van der Waals surface area contributed by atoms with Gasteiger partial charge in [-0.15, -0.1) is 0 Å². The van der Waals surface area contributed by atoms with Gasteiger partial charge in [-0.3, -0.25) is 9.59 Å². The summed E-state index contributed by atoms with van der Waals surface area (Å²) < 4.78 is 0.838. The lowest BCUT2D eigenvalue weighted by Crippen LogP contribution is -2.13. The summed E-state index contributed by atoms with van der Waals surface area (Å²) in [5, 5.41) is 5.51. The summed E-state index contributed by atoms with van der Waals surface area (Å²) in [7, 11) is 0. The summed E-state index contributed by atoms with van der Waals surface area (Å²) in [5.74, 6) is 0.227. The van der Waals surface area contributed by atoms with Crippen LogP contribution < -0.4 is 10.6 Å². The molecular weight excluding hydrogens is 320 g/mol. The van der Waals surface area contributed by atoms with Crippen molar-refractivity contribution in [3.05, 3.63) is 34.3 Å². The van der Waals surface area contributed by atoms with Crippen molar-refractivity contribution < 1.29 is 9.59 Å². The molecule has 0 atom stereocenters. The Morgan fingerprint density at radius 2 is 1.90 bits per heavy atom. The molecule has 0 aliphatic heterocycles. The zero-order valence-electron chi connectivity index (χ0n) is 11.5. The molecule has 0 unspecified atom stereocenters. The first-order valence-corrected chi connectivity index (χ1v) is 7.31. The highest BCUT2D eigenvalue weighted by molar-refractivity contribution is 9.10. The van der Waals surface area contributed by atoms with Crippen LogP contribution in [0.3, 0.4) is 0 Å². The Kier molecular flexibility index (Phi) is 4.60. The minimum Gasteiger partial charge on any atom is -0.325 e. The number of carbonyl (C=O) groups excluding carboxylic acids is 2. The molecule has 2 amide bonds. The van der Waals surface area contributed by atoms with Crippen molar-refractivity contribution in [1.29, 1.82) is 0 Å². The van der Waals surface area contributed by atoms with E-state index in [2.05, 4.69) is 26.6 Å². The van der Waals surface area contributed by atoms with E-state index < -0.39 is 0 Å². The van der Waals surface area contributed by atoms with Crippen LogP contribution >= 0.6 is 15.9 Å². The minimum atomic E-state index is -0.174. The number of anilines is 2. The number of carbonyl (C=O) groups is 2. The predicted octanol–water partition coefficient (Wildman–Crippen LogP) is 3.70. The summed E-state index contributed by atoms with van der Waals surface area (Å²) in [6.07, 6.45) is 3.98. The second-order valence-electron chi connectivity index (χ2n) is 5.02. The number of benzene rings is 1. The summed E-state index contributed by atoms with van der Waals surface area (Å²) in [6, 6.07) is 5.33. The molecule has 1 aromatic carbocycles. The third kappa shape index (κ3) is 4.20. The highest BCUT2D eigenvalue weighted by Crippen LogP contribution is 2.36. The van der Waals surface area contributed by atoms with E-state index in [1.165, 1.54) is 19.8 Å². The Hall–Kier alpha value is -1.62. The Labute approximate surface area is 126 Å². The van der Waals surface area contributed by atoms with Crippen LogP contribution in [-0.4, -0.2) is 11.8 Å². The molecule has 0 heterocycles. The van der Waals surface area contributed by atoms with Gasteiger partial charge in [0.1, 0.15) is 0 Å². The van der Waals surface area contributed by atoms with Crippen molar-refractivity contribution in [2.24, 2.45) is 5.92 Å². The quantitative estimate of drug-likeness (QED) is 0.823. The van der Waals surface area contributed by atoms with Gasteiger partial charge in [0.15, 0.2) is 0 Å². The first kappa shape index (κ1) is 14.8. The second kappa shape index (κ2) is 6.22. The van der Waals surface area contributed by atoms with Gasteiger partial charge in [0, 0.05) is 17.5 Å². The second-order valence-corrected chi connectivity index (χ2v) is 5.94. The maximum absolute atomic E-state index is 12.0. The van der Waals surface area contributed by atoms with Crippen LogP contribution in [0, 0.1) is 5.92 Å². The van der Waals surface area contributed by atoms with E-state index in [-0.39, 0.29) is 11.8 Å². The summed E-state index contributed by atoms with van der Waals surface area (Å²) in [4.78, 5) is 23.2. The number of hydrogen-bond acceptors (Lipinski definition) is 2. The van der Waals surface area contributed by atoms with Crippen LogP contribution in [0.5, 0.6) is 0 Å². The van der Waals surface area contributed by atoms with Crippen molar-refractivity contribution in [2.75, 3.05) is 10.6 Å².